The molecular formula is C28H31N5O4. The molecule has 0 saturated carbocycles. The van der Waals surface area contributed by atoms with Gasteiger partial charge in [0, 0.05) is 36.6 Å². The highest BCUT2D eigenvalue weighted by Crippen LogP contribution is 2.44. The van der Waals surface area contributed by atoms with E-state index in [2.05, 4.69) is 22.1 Å². The Hall–Kier alpha value is -4.27. The molecule has 0 bridgehead atoms. The third-order valence-electron chi connectivity index (χ3n) is 6.57. The lowest BCUT2D eigenvalue weighted by atomic mass is 9.95. The van der Waals surface area contributed by atoms with Crippen LogP contribution in [-0.2, 0) is 6.54 Å². The highest BCUT2D eigenvalue weighted by atomic mass is 16.5. The predicted octanol–water partition coefficient (Wildman–Crippen LogP) is 4.71. The van der Waals surface area contributed by atoms with Crippen LogP contribution < -0.4 is 14.2 Å². The van der Waals surface area contributed by atoms with E-state index in [1.165, 1.54) is 0 Å². The van der Waals surface area contributed by atoms with Crippen LogP contribution in [0.4, 0.5) is 0 Å². The second kappa shape index (κ2) is 10.8. The number of benzene rings is 2. The fraction of sp³-hybridized carbons (Fsp3) is 0.321. The van der Waals surface area contributed by atoms with Gasteiger partial charge in [0.1, 0.15) is 11.4 Å². The van der Waals surface area contributed by atoms with Gasteiger partial charge >= 0.3 is 0 Å². The maximum atomic E-state index is 13.6. The SMILES string of the molecule is CCCOc1ccc(C2c3c(-c4ccc(OC)cc4)n[nH]c3C(=O)N2CCCn2ccnc2)cc1OC. The van der Waals surface area contributed by atoms with Crippen molar-refractivity contribution in [1.82, 2.24) is 24.6 Å². The number of aromatic nitrogens is 4. The topological polar surface area (TPSA) is 94.5 Å². The van der Waals surface area contributed by atoms with Crippen molar-refractivity contribution in [1.29, 1.82) is 0 Å². The molecule has 1 N–H and O–H groups in total. The number of ether oxygens (including phenoxy) is 3. The highest BCUT2D eigenvalue weighted by molar-refractivity contribution is 6.00. The minimum absolute atomic E-state index is 0.0665. The van der Waals surface area contributed by atoms with E-state index in [1.807, 2.05) is 58.1 Å². The van der Waals surface area contributed by atoms with Crippen LogP contribution in [0, 0.1) is 0 Å². The molecule has 1 amide bonds. The summed E-state index contributed by atoms with van der Waals surface area (Å²) in [5, 5.41) is 7.59. The highest BCUT2D eigenvalue weighted by Gasteiger charge is 2.42. The predicted molar refractivity (Wildman–Crippen MR) is 139 cm³/mol. The Balaban J connectivity index is 1.53. The van der Waals surface area contributed by atoms with Crippen LogP contribution in [0.25, 0.3) is 11.3 Å². The summed E-state index contributed by atoms with van der Waals surface area (Å²) in [4.78, 5) is 19.7. The van der Waals surface area contributed by atoms with Gasteiger partial charge in [-0.2, -0.15) is 5.10 Å². The van der Waals surface area contributed by atoms with Gasteiger partial charge in [0.25, 0.3) is 5.91 Å². The van der Waals surface area contributed by atoms with Gasteiger partial charge < -0.3 is 23.7 Å². The Morgan fingerprint density at radius 2 is 1.86 bits per heavy atom. The van der Waals surface area contributed by atoms with Crippen LogP contribution >= 0.6 is 0 Å². The summed E-state index contributed by atoms with van der Waals surface area (Å²) in [6.45, 7) is 4.00. The number of imidazole rings is 1. The number of aromatic amines is 1. The largest absolute Gasteiger partial charge is 0.497 e. The molecule has 37 heavy (non-hydrogen) atoms. The molecule has 1 unspecified atom stereocenters. The molecule has 3 heterocycles. The lowest BCUT2D eigenvalue weighted by Gasteiger charge is -2.27. The number of methoxy groups -OCH3 is 2. The molecule has 0 spiro atoms. The summed E-state index contributed by atoms with van der Waals surface area (Å²) in [6, 6.07) is 13.3. The van der Waals surface area contributed by atoms with E-state index < -0.39 is 0 Å². The minimum atomic E-state index is -0.324. The summed E-state index contributed by atoms with van der Waals surface area (Å²) < 4.78 is 18.9. The molecule has 0 aliphatic carbocycles. The average molecular weight is 502 g/mol. The summed E-state index contributed by atoms with van der Waals surface area (Å²) in [5.41, 5.74) is 3.97. The number of H-pyrrole nitrogens is 1. The van der Waals surface area contributed by atoms with Crippen molar-refractivity contribution in [3.63, 3.8) is 0 Å². The van der Waals surface area contributed by atoms with Crippen molar-refractivity contribution < 1.29 is 19.0 Å². The van der Waals surface area contributed by atoms with E-state index >= 15 is 0 Å². The quantitative estimate of drug-likeness (QED) is 0.320. The van der Waals surface area contributed by atoms with Crippen molar-refractivity contribution in [2.24, 2.45) is 0 Å². The van der Waals surface area contributed by atoms with Crippen LogP contribution in [0.3, 0.4) is 0 Å². The summed E-state index contributed by atoms with van der Waals surface area (Å²) in [7, 11) is 3.27. The Bertz CT molecular complexity index is 1350. The van der Waals surface area contributed by atoms with Crippen LogP contribution in [0.5, 0.6) is 17.2 Å². The van der Waals surface area contributed by atoms with E-state index in [4.69, 9.17) is 14.2 Å². The van der Waals surface area contributed by atoms with E-state index in [0.717, 1.165) is 47.5 Å². The van der Waals surface area contributed by atoms with Gasteiger partial charge in [-0.1, -0.05) is 13.0 Å². The Morgan fingerprint density at radius 3 is 2.57 bits per heavy atom. The van der Waals surface area contributed by atoms with Crippen molar-refractivity contribution in [2.75, 3.05) is 27.4 Å². The fourth-order valence-electron chi connectivity index (χ4n) is 4.77. The standard InChI is InChI=1S/C28H31N5O4/c1-4-16-37-22-11-8-20(17-23(22)36-3)27-24-25(19-6-9-21(35-2)10-7-19)30-31-26(24)28(34)33(27)14-5-13-32-15-12-29-18-32/h6-12,15,17-18,27H,4-5,13-14,16H2,1-3H3,(H,30,31). The van der Waals surface area contributed by atoms with E-state index in [1.54, 1.807) is 26.7 Å². The van der Waals surface area contributed by atoms with Gasteiger partial charge in [0.2, 0.25) is 0 Å². The zero-order valence-corrected chi connectivity index (χ0v) is 21.3. The molecule has 1 aliphatic rings. The number of fused-ring (bicyclic) bond motifs is 1. The zero-order valence-electron chi connectivity index (χ0n) is 21.3. The smallest absolute Gasteiger partial charge is 0.273 e. The van der Waals surface area contributed by atoms with Gasteiger partial charge in [0.15, 0.2) is 11.5 Å². The number of rotatable bonds is 11. The van der Waals surface area contributed by atoms with Gasteiger partial charge in [-0.3, -0.25) is 9.89 Å². The molecule has 2 aromatic carbocycles. The Kier molecular flexibility index (Phi) is 7.11. The summed E-state index contributed by atoms with van der Waals surface area (Å²) in [5.74, 6) is 2.02. The first-order chi connectivity index (χ1) is 18.1. The van der Waals surface area contributed by atoms with Crippen LogP contribution in [-0.4, -0.2) is 57.9 Å². The first kappa shape index (κ1) is 24.4. The lowest BCUT2D eigenvalue weighted by Crippen LogP contribution is -2.31. The maximum absolute atomic E-state index is 13.6. The normalized spacial score (nSPS) is 14.6. The summed E-state index contributed by atoms with van der Waals surface area (Å²) in [6.07, 6.45) is 7.16. The van der Waals surface area contributed by atoms with E-state index in [-0.39, 0.29) is 11.9 Å². The third-order valence-corrected chi connectivity index (χ3v) is 6.57. The van der Waals surface area contributed by atoms with Gasteiger partial charge in [-0.05, 0) is 54.8 Å². The second-order valence-corrected chi connectivity index (χ2v) is 8.90. The van der Waals surface area contributed by atoms with Crippen LogP contribution in [0.1, 0.15) is 47.4 Å². The molecule has 1 aliphatic heterocycles. The molecule has 0 fully saturated rings. The number of hydrogen-bond acceptors (Lipinski definition) is 6. The van der Waals surface area contributed by atoms with E-state index in [9.17, 15) is 4.79 Å². The van der Waals surface area contributed by atoms with Crippen molar-refractivity contribution in [3.8, 4) is 28.5 Å². The number of nitrogens with zero attached hydrogens (tertiary/aromatic N) is 4. The second-order valence-electron chi connectivity index (χ2n) is 8.90. The zero-order chi connectivity index (χ0) is 25.8. The first-order valence-electron chi connectivity index (χ1n) is 12.4. The van der Waals surface area contributed by atoms with Gasteiger partial charge in [-0.15, -0.1) is 0 Å². The molecule has 0 saturated heterocycles. The number of amides is 1. The number of carbonyl (C=O) groups excluding carboxylic acids is 1. The molecule has 5 rings (SSSR count). The first-order valence-corrected chi connectivity index (χ1v) is 12.4. The molecule has 1 atom stereocenters. The summed E-state index contributed by atoms with van der Waals surface area (Å²) >= 11 is 0. The Labute approximate surface area is 216 Å². The van der Waals surface area contributed by atoms with Gasteiger partial charge in [-0.25, -0.2) is 4.98 Å². The number of hydrogen-bond donors (Lipinski definition) is 1. The molecule has 0 radical (unpaired) electrons. The van der Waals surface area contributed by atoms with Crippen molar-refractivity contribution in [3.05, 3.63) is 78.0 Å². The number of nitrogens with one attached hydrogen (secondary N) is 1. The monoisotopic (exact) mass is 501 g/mol. The maximum Gasteiger partial charge on any atom is 0.273 e. The third kappa shape index (κ3) is 4.76. The van der Waals surface area contributed by atoms with Crippen molar-refractivity contribution >= 4 is 5.91 Å². The molecule has 4 aromatic rings. The average Bonchev–Trinajstić information content (AvgIpc) is 3.66. The molecule has 9 nitrogen and oxygen atoms in total. The van der Waals surface area contributed by atoms with Crippen LogP contribution in [0.15, 0.2) is 61.2 Å². The minimum Gasteiger partial charge on any atom is -0.497 e. The number of aryl methyl sites for hydroxylation is 1. The lowest BCUT2D eigenvalue weighted by molar-refractivity contribution is 0.0739. The molecule has 192 valence electrons. The fourth-order valence-corrected chi connectivity index (χ4v) is 4.77. The Morgan fingerprint density at radius 1 is 1.03 bits per heavy atom. The van der Waals surface area contributed by atoms with Gasteiger partial charge in [0.05, 0.1) is 38.9 Å². The molecular weight excluding hydrogens is 470 g/mol. The molecule has 9 heteroatoms. The number of carbonyl (C=O) groups is 1. The van der Waals surface area contributed by atoms with Crippen molar-refractivity contribution in [2.45, 2.75) is 32.4 Å². The molecule has 2 aromatic heterocycles. The van der Waals surface area contributed by atoms with E-state index in [0.29, 0.717) is 30.3 Å². The van der Waals surface area contributed by atoms with Crippen LogP contribution in [0.2, 0.25) is 0 Å².